The Labute approximate surface area is 214 Å². The highest BCUT2D eigenvalue weighted by atomic mass is 19.1. The van der Waals surface area contributed by atoms with Crippen molar-refractivity contribution in [3.63, 3.8) is 0 Å². The number of aromatic amines is 1. The third kappa shape index (κ3) is 6.00. The van der Waals surface area contributed by atoms with Gasteiger partial charge in [0.05, 0.1) is 5.69 Å². The zero-order valence-electron chi connectivity index (χ0n) is 21.2. The standard InChI is InChI=1S/C28H30FN7O/c1-16-5-9-18(10-6-16)32-23(15-22(30)28(2,3)4)34-27(37)33-19-11-7-17(8-12-19)20-13-14-21-25(24(20)29)35-36-26(21)31/h5-14,30H,15H2,1-4H3,(H3,31,35,36)(H2,32,33,34,37). The van der Waals surface area contributed by atoms with E-state index in [9.17, 15) is 9.18 Å². The zero-order valence-corrected chi connectivity index (χ0v) is 21.2. The lowest BCUT2D eigenvalue weighted by molar-refractivity contribution is 0.256. The third-order valence-electron chi connectivity index (χ3n) is 5.97. The second kappa shape index (κ2) is 10.2. The van der Waals surface area contributed by atoms with E-state index in [1.54, 1.807) is 36.4 Å². The number of hydrogen-bond donors (Lipinski definition) is 5. The van der Waals surface area contributed by atoms with E-state index in [4.69, 9.17) is 11.1 Å². The van der Waals surface area contributed by atoms with Crippen LogP contribution in [0, 0.1) is 23.6 Å². The first-order valence-electron chi connectivity index (χ1n) is 11.8. The van der Waals surface area contributed by atoms with Crippen molar-refractivity contribution in [1.82, 2.24) is 15.5 Å². The maximum Gasteiger partial charge on any atom is 0.324 e. The molecule has 2 amide bonds. The van der Waals surface area contributed by atoms with Gasteiger partial charge in [0.1, 0.15) is 11.4 Å². The average molecular weight is 500 g/mol. The third-order valence-corrected chi connectivity index (χ3v) is 5.97. The van der Waals surface area contributed by atoms with E-state index in [0.29, 0.717) is 39.4 Å². The second-order valence-corrected chi connectivity index (χ2v) is 9.91. The maximum absolute atomic E-state index is 15.0. The van der Waals surface area contributed by atoms with Gasteiger partial charge in [0.2, 0.25) is 0 Å². The SMILES string of the molecule is Cc1ccc(N=C(CC(=N)C(C)(C)C)NC(=O)Nc2ccc(-c3ccc4c(N)n[nH]c4c3F)cc2)cc1. The number of benzene rings is 3. The Balaban J connectivity index is 1.50. The number of amides is 2. The number of rotatable bonds is 5. The van der Waals surface area contributed by atoms with Gasteiger partial charge in [0.25, 0.3) is 0 Å². The Morgan fingerprint density at radius 2 is 1.76 bits per heavy atom. The first-order chi connectivity index (χ1) is 17.5. The lowest BCUT2D eigenvalue weighted by Gasteiger charge is -2.21. The molecule has 0 unspecified atom stereocenters. The molecule has 37 heavy (non-hydrogen) atoms. The molecule has 3 aromatic carbocycles. The van der Waals surface area contributed by atoms with Crippen molar-refractivity contribution in [1.29, 1.82) is 5.41 Å². The summed E-state index contributed by atoms with van der Waals surface area (Å²) < 4.78 is 15.0. The Bertz CT molecular complexity index is 1480. The van der Waals surface area contributed by atoms with Crippen molar-refractivity contribution < 1.29 is 9.18 Å². The van der Waals surface area contributed by atoms with Gasteiger partial charge < -0.3 is 16.5 Å². The van der Waals surface area contributed by atoms with Gasteiger partial charge in [0.15, 0.2) is 11.6 Å². The molecule has 0 radical (unpaired) electrons. The Morgan fingerprint density at radius 3 is 2.41 bits per heavy atom. The van der Waals surface area contributed by atoms with Gasteiger partial charge >= 0.3 is 6.03 Å². The van der Waals surface area contributed by atoms with Crippen LogP contribution in [0.4, 0.5) is 26.4 Å². The van der Waals surface area contributed by atoms with Crippen molar-refractivity contribution in [2.75, 3.05) is 11.1 Å². The molecule has 4 aromatic rings. The number of nitrogens with zero attached hydrogens (tertiary/aromatic N) is 2. The predicted molar refractivity (Wildman–Crippen MR) is 148 cm³/mol. The number of nitrogen functional groups attached to an aromatic ring is 1. The number of anilines is 2. The van der Waals surface area contributed by atoms with E-state index < -0.39 is 11.8 Å². The van der Waals surface area contributed by atoms with Crippen molar-refractivity contribution in [3.05, 3.63) is 72.0 Å². The number of fused-ring (bicyclic) bond motifs is 1. The lowest BCUT2D eigenvalue weighted by Crippen LogP contribution is -2.37. The van der Waals surface area contributed by atoms with Gasteiger partial charge in [-0.3, -0.25) is 10.4 Å². The minimum absolute atomic E-state index is 0.198. The molecule has 0 aliphatic heterocycles. The molecule has 0 saturated heterocycles. The molecule has 0 spiro atoms. The molecule has 0 fully saturated rings. The van der Waals surface area contributed by atoms with Crippen molar-refractivity contribution in [2.45, 2.75) is 34.1 Å². The summed E-state index contributed by atoms with van der Waals surface area (Å²) in [7, 11) is 0. The van der Waals surface area contributed by atoms with Crippen LogP contribution in [-0.4, -0.2) is 27.8 Å². The zero-order chi connectivity index (χ0) is 26.7. The molecular weight excluding hydrogens is 469 g/mol. The number of carbonyl (C=O) groups excluding carboxylic acids is 1. The normalized spacial score (nSPS) is 12.0. The van der Waals surface area contributed by atoms with E-state index >= 15 is 0 Å². The van der Waals surface area contributed by atoms with Crippen LogP contribution in [0.1, 0.15) is 32.8 Å². The monoisotopic (exact) mass is 499 g/mol. The first-order valence-corrected chi connectivity index (χ1v) is 11.8. The van der Waals surface area contributed by atoms with Gasteiger partial charge in [-0.25, -0.2) is 14.2 Å². The van der Waals surface area contributed by atoms with Crippen LogP contribution < -0.4 is 16.4 Å². The summed E-state index contributed by atoms with van der Waals surface area (Å²) in [6, 6.07) is 17.3. The fourth-order valence-electron chi connectivity index (χ4n) is 3.64. The van der Waals surface area contributed by atoms with E-state index in [1.807, 2.05) is 52.0 Å². The fraction of sp³-hybridized carbons (Fsp3) is 0.214. The Morgan fingerprint density at radius 1 is 1.08 bits per heavy atom. The van der Waals surface area contributed by atoms with Crippen LogP contribution in [0.3, 0.4) is 0 Å². The first kappa shape index (κ1) is 25.6. The van der Waals surface area contributed by atoms with Crippen LogP contribution in [0.5, 0.6) is 0 Å². The highest BCUT2D eigenvalue weighted by Gasteiger charge is 2.20. The van der Waals surface area contributed by atoms with Gasteiger partial charge in [-0.1, -0.05) is 56.7 Å². The van der Waals surface area contributed by atoms with E-state index in [-0.39, 0.29) is 23.2 Å². The number of hydrogen-bond acceptors (Lipinski definition) is 5. The summed E-state index contributed by atoms with van der Waals surface area (Å²) in [5.74, 6) is 0.166. The van der Waals surface area contributed by atoms with Crippen LogP contribution in [0.2, 0.25) is 0 Å². The number of aliphatic imine (C=N–C) groups is 1. The van der Waals surface area contributed by atoms with Crippen molar-refractivity contribution >= 4 is 45.7 Å². The lowest BCUT2D eigenvalue weighted by atomic mass is 9.88. The van der Waals surface area contributed by atoms with E-state index in [2.05, 4.69) is 25.8 Å². The highest BCUT2D eigenvalue weighted by Crippen LogP contribution is 2.30. The number of nitrogens with two attached hydrogens (primary N) is 1. The summed E-state index contributed by atoms with van der Waals surface area (Å²) in [5, 5.41) is 21.0. The highest BCUT2D eigenvalue weighted by molar-refractivity contribution is 6.12. The summed E-state index contributed by atoms with van der Waals surface area (Å²) in [5.41, 5.74) is 9.43. The van der Waals surface area contributed by atoms with Crippen molar-refractivity contribution in [2.24, 2.45) is 10.4 Å². The number of urea groups is 1. The Hall–Kier alpha value is -4.53. The molecule has 0 saturated carbocycles. The molecule has 1 heterocycles. The van der Waals surface area contributed by atoms with Crippen LogP contribution in [0.15, 0.2) is 65.7 Å². The number of halogens is 1. The number of aromatic nitrogens is 2. The summed E-state index contributed by atoms with van der Waals surface area (Å²) >= 11 is 0. The van der Waals surface area contributed by atoms with Crippen molar-refractivity contribution in [3.8, 4) is 11.1 Å². The number of H-pyrrole nitrogens is 1. The number of aryl methyl sites for hydroxylation is 1. The molecule has 0 aliphatic carbocycles. The second-order valence-electron chi connectivity index (χ2n) is 9.91. The molecule has 1 aromatic heterocycles. The molecule has 6 N–H and O–H groups in total. The van der Waals surface area contributed by atoms with Gasteiger partial charge in [-0.2, -0.15) is 5.10 Å². The molecular formula is C28H30FN7O. The van der Waals surface area contributed by atoms with Crippen LogP contribution in [-0.2, 0) is 0 Å². The quantitative estimate of drug-likeness (QED) is 0.157. The van der Waals surface area contributed by atoms with E-state index in [0.717, 1.165) is 5.56 Å². The van der Waals surface area contributed by atoms with Gasteiger partial charge in [-0.15, -0.1) is 0 Å². The average Bonchev–Trinajstić information content (AvgIpc) is 3.22. The largest absolute Gasteiger partial charge is 0.382 e. The molecule has 190 valence electrons. The summed E-state index contributed by atoms with van der Waals surface area (Å²) in [6.07, 6.45) is 0.198. The summed E-state index contributed by atoms with van der Waals surface area (Å²) in [4.78, 5) is 17.4. The minimum Gasteiger partial charge on any atom is -0.382 e. The molecule has 0 aliphatic rings. The topological polar surface area (TPSA) is 132 Å². The molecule has 4 rings (SSSR count). The number of nitrogens with one attached hydrogen (secondary N) is 4. The van der Waals surface area contributed by atoms with E-state index in [1.165, 1.54) is 0 Å². The Kier molecular flexibility index (Phi) is 7.06. The fourth-order valence-corrected chi connectivity index (χ4v) is 3.64. The molecule has 0 bridgehead atoms. The van der Waals surface area contributed by atoms with Gasteiger partial charge in [0, 0.05) is 28.8 Å². The van der Waals surface area contributed by atoms with Gasteiger partial charge in [-0.05, 0) is 48.2 Å². The molecule has 8 nitrogen and oxygen atoms in total. The smallest absolute Gasteiger partial charge is 0.324 e. The maximum atomic E-state index is 15.0. The molecule has 9 heteroatoms. The number of carbonyl (C=O) groups is 1. The predicted octanol–water partition coefficient (Wildman–Crippen LogP) is 6.57. The summed E-state index contributed by atoms with van der Waals surface area (Å²) in [6.45, 7) is 7.83. The molecule has 0 atom stereocenters. The number of amidine groups is 1. The van der Waals surface area contributed by atoms with Crippen LogP contribution in [0.25, 0.3) is 22.0 Å². The minimum atomic E-state index is -0.485. The van der Waals surface area contributed by atoms with Crippen LogP contribution >= 0.6 is 0 Å².